The number of carbonyl (C=O) groups is 2. The van der Waals surface area contributed by atoms with Gasteiger partial charge in [0.2, 0.25) is 0 Å². The van der Waals surface area contributed by atoms with E-state index >= 15 is 0 Å². The van der Waals surface area contributed by atoms with Crippen LogP contribution in [0, 0.1) is 11.8 Å². The van der Waals surface area contributed by atoms with E-state index in [1.54, 1.807) is 29.5 Å². The normalized spacial score (nSPS) is 11.1. The molecule has 0 aliphatic rings. The third-order valence-corrected chi connectivity index (χ3v) is 5.03. The lowest BCUT2D eigenvalue weighted by Crippen LogP contribution is -2.38. The first kappa shape index (κ1) is 20.3. The predicted molar refractivity (Wildman–Crippen MR) is 117 cm³/mol. The molecule has 0 aliphatic heterocycles. The average molecular weight is 404 g/mol. The van der Waals surface area contributed by atoms with E-state index < -0.39 is 11.8 Å². The van der Waals surface area contributed by atoms with Crippen molar-refractivity contribution in [2.75, 3.05) is 18.4 Å². The van der Waals surface area contributed by atoms with E-state index in [-0.39, 0.29) is 5.92 Å². The number of thiophene rings is 1. The standard InChI is InChI=1S/C23H21N3O2S/c24-15-19(18-7-2-1-3-8-18)16-25-22(27)23(28)26-20-9-4-6-17(14-20)11-12-21-10-5-13-29-21/h1-10,13-14,19H,15-16,24H2,(H,25,27)(H,26,28). The third-order valence-electron chi connectivity index (χ3n) is 4.24. The maximum Gasteiger partial charge on any atom is 0.313 e. The summed E-state index contributed by atoms with van der Waals surface area (Å²) in [6.07, 6.45) is 0. The zero-order valence-corrected chi connectivity index (χ0v) is 16.5. The molecule has 4 N–H and O–H groups in total. The highest BCUT2D eigenvalue weighted by Gasteiger charge is 2.16. The molecule has 0 radical (unpaired) electrons. The van der Waals surface area contributed by atoms with Gasteiger partial charge in [-0.15, -0.1) is 11.3 Å². The summed E-state index contributed by atoms with van der Waals surface area (Å²) in [5, 5.41) is 7.23. The summed E-state index contributed by atoms with van der Waals surface area (Å²) >= 11 is 1.56. The molecule has 3 aromatic rings. The highest BCUT2D eigenvalue weighted by atomic mass is 32.1. The molecule has 6 heteroatoms. The van der Waals surface area contributed by atoms with Gasteiger partial charge in [-0.1, -0.05) is 54.3 Å². The van der Waals surface area contributed by atoms with Crippen LogP contribution in [-0.4, -0.2) is 24.9 Å². The van der Waals surface area contributed by atoms with E-state index in [0.29, 0.717) is 18.8 Å². The summed E-state index contributed by atoms with van der Waals surface area (Å²) in [6.45, 7) is 0.663. The Morgan fingerprint density at radius 1 is 0.966 bits per heavy atom. The van der Waals surface area contributed by atoms with Crippen molar-refractivity contribution in [1.82, 2.24) is 5.32 Å². The lowest BCUT2D eigenvalue weighted by atomic mass is 9.99. The average Bonchev–Trinajstić information content (AvgIpc) is 3.27. The monoisotopic (exact) mass is 403 g/mol. The van der Waals surface area contributed by atoms with Crippen LogP contribution in [0.5, 0.6) is 0 Å². The number of anilines is 1. The minimum absolute atomic E-state index is 0.0520. The molecular formula is C23H21N3O2S. The highest BCUT2D eigenvalue weighted by molar-refractivity contribution is 7.10. The molecule has 0 bridgehead atoms. The van der Waals surface area contributed by atoms with Gasteiger partial charge in [-0.3, -0.25) is 9.59 Å². The maximum atomic E-state index is 12.2. The van der Waals surface area contributed by atoms with Gasteiger partial charge in [0.1, 0.15) is 0 Å². The second-order valence-corrected chi connectivity index (χ2v) is 7.26. The predicted octanol–water partition coefficient (Wildman–Crippen LogP) is 2.95. The summed E-state index contributed by atoms with van der Waals surface area (Å²) < 4.78 is 0. The Morgan fingerprint density at radius 2 is 1.79 bits per heavy atom. The Morgan fingerprint density at radius 3 is 2.52 bits per heavy atom. The first-order valence-electron chi connectivity index (χ1n) is 9.15. The van der Waals surface area contributed by atoms with Crippen LogP contribution in [0.2, 0.25) is 0 Å². The molecule has 1 atom stereocenters. The summed E-state index contributed by atoms with van der Waals surface area (Å²) in [5.74, 6) is 4.64. The second-order valence-electron chi connectivity index (χ2n) is 6.32. The van der Waals surface area contributed by atoms with E-state index in [1.807, 2.05) is 53.9 Å². The Hall–Kier alpha value is -3.40. The van der Waals surface area contributed by atoms with Crippen LogP contribution < -0.4 is 16.4 Å². The first-order chi connectivity index (χ1) is 14.2. The Bertz CT molecular complexity index is 1020. The van der Waals surface area contributed by atoms with Crippen molar-refractivity contribution >= 4 is 28.8 Å². The minimum Gasteiger partial charge on any atom is -0.347 e. The van der Waals surface area contributed by atoms with Crippen LogP contribution in [0.25, 0.3) is 0 Å². The number of hydrogen-bond donors (Lipinski definition) is 3. The van der Waals surface area contributed by atoms with Crippen molar-refractivity contribution in [3.63, 3.8) is 0 Å². The largest absolute Gasteiger partial charge is 0.347 e. The molecule has 0 saturated carbocycles. The molecular weight excluding hydrogens is 382 g/mol. The summed E-state index contributed by atoms with van der Waals surface area (Å²) in [7, 11) is 0. The fourth-order valence-electron chi connectivity index (χ4n) is 2.70. The molecule has 0 saturated heterocycles. The van der Waals surface area contributed by atoms with Crippen molar-refractivity contribution in [3.8, 4) is 11.8 Å². The first-order valence-corrected chi connectivity index (χ1v) is 10.0. The van der Waals surface area contributed by atoms with Crippen molar-refractivity contribution in [2.24, 2.45) is 5.73 Å². The van der Waals surface area contributed by atoms with Crippen LogP contribution in [0.1, 0.15) is 21.9 Å². The molecule has 146 valence electrons. The van der Waals surface area contributed by atoms with Gasteiger partial charge in [0.25, 0.3) is 0 Å². The molecule has 2 aromatic carbocycles. The Balaban J connectivity index is 1.57. The Kier molecular flexibility index (Phi) is 7.17. The van der Waals surface area contributed by atoms with Gasteiger partial charge in [0.05, 0.1) is 4.88 Å². The smallest absolute Gasteiger partial charge is 0.313 e. The lowest BCUT2D eigenvalue weighted by molar-refractivity contribution is -0.136. The zero-order valence-electron chi connectivity index (χ0n) is 15.7. The molecule has 2 amide bonds. The van der Waals surface area contributed by atoms with E-state index in [1.165, 1.54) is 0 Å². The van der Waals surface area contributed by atoms with Gasteiger partial charge in [0, 0.05) is 30.3 Å². The topological polar surface area (TPSA) is 84.2 Å². The van der Waals surface area contributed by atoms with E-state index in [2.05, 4.69) is 22.5 Å². The number of carbonyl (C=O) groups excluding carboxylic acids is 2. The van der Waals surface area contributed by atoms with Gasteiger partial charge in [-0.25, -0.2) is 0 Å². The van der Waals surface area contributed by atoms with Crippen molar-refractivity contribution in [3.05, 3.63) is 88.1 Å². The van der Waals surface area contributed by atoms with Crippen molar-refractivity contribution < 1.29 is 9.59 Å². The van der Waals surface area contributed by atoms with Crippen LogP contribution in [0.15, 0.2) is 72.1 Å². The van der Waals surface area contributed by atoms with Gasteiger partial charge < -0.3 is 16.4 Å². The van der Waals surface area contributed by atoms with Crippen LogP contribution in [0.4, 0.5) is 5.69 Å². The van der Waals surface area contributed by atoms with Gasteiger partial charge >= 0.3 is 11.8 Å². The van der Waals surface area contributed by atoms with Crippen LogP contribution in [-0.2, 0) is 9.59 Å². The Labute approximate surface area is 174 Å². The fourth-order valence-corrected chi connectivity index (χ4v) is 3.28. The maximum absolute atomic E-state index is 12.2. The summed E-state index contributed by atoms with van der Waals surface area (Å²) in [6, 6.07) is 20.6. The SMILES string of the molecule is NCC(CNC(=O)C(=O)Nc1cccc(C#Cc2cccs2)c1)c1ccccc1. The number of rotatable bonds is 5. The van der Waals surface area contributed by atoms with Gasteiger partial charge in [0.15, 0.2) is 0 Å². The van der Waals surface area contributed by atoms with Gasteiger partial charge in [-0.2, -0.15) is 0 Å². The third kappa shape index (κ3) is 6.04. The minimum atomic E-state index is -0.725. The second kappa shape index (κ2) is 10.2. The van der Waals surface area contributed by atoms with E-state index in [0.717, 1.165) is 16.0 Å². The molecule has 3 rings (SSSR count). The summed E-state index contributed by atoms with van der Waals surface area (Å²) in [4.78, 5) is 25.4. The van der Waals surface area contributed by atoms with Crippen LogP contribution >= 0.6 is 11.3 Å². The van der Waals surface area contributed by atoms with Gasteiger partial charge in [-0.05, 0) is 35.2 Å². The fraction of sp³-hybridized carbons (Fsp3) is 0.130. The highest BCUT2D eigenvalue weighted by Crippen LogP contribution is 2.13. The summed E-state index contributed by atoms with van der Waals surface area (Å²) in [5.41, 5.74) is 8.10. The quantitative estimate of drug-likeness (QED) is 0.452. The number of hydrogen-bond acceptors (Lipinski definition) is 4. The zero-order chi connectivity index (χ0) is 20.5. The van der Waals surface area contributed by atoms with E-state index in [9.17, 15) is 9.59 Å². The molecule has 0 aliphatic carbocycles. The van der Waals surface area contributed by atoms with Crippen molar-refractivity contribution in [1.29, 1.82) is 0 Å². The number of benzene rings is 2. The molecule has 29 heavy (non-hydrogen) atoms. The number of nitrogens with one attached hydrogen (secondary N) is 2. The number of amides is 2. The molecule has 0 spiro atoms. The molecule has 1 heterocycles. The molecule has 1 aromatic heterocycles. The number of nitrogens with two attached hydrogens (primary N) is 1. The van der Waals surface area contributed by atoms with E-state index in [4.69, 9.17) is 5.73 Å². The lowest BCUT2D eigenvalue weighted by Gasteiger charge is -2.16. The molecule has 5 nitrogen and oxygen atoms in total. The van der Waals surface area contributed by atoms with Crippen LogP contribution in [0.3, 0.4) is 0 Å². The molecule has 1 unspecified atom stereocenters. The molecule has 0 fully saturated rings. The van der Waals surface area contributed by atoms with Crippen molar-refractivity contribution in [2.45, 2.75) is 5.92 Å².